The van der Waals surface area contributed by atoms with Crippen molar-refractivity contribution in [2.24, 2.45) is 0 Å². The van der Waals surface area contributed by atoms with Crippen LogP contribution in [0.4, 0.5) is 5.69 Å². The van der Waals surface area contributed by atoms with Crippen molar-refractivity contribution < 1.29 is 14.3 Å². The number of rotatable bonds is 5. The summed E-state index contributed by atoms with van der Waals surface area (Å²) in [5.74, 6) is 0.130. The summed E-state index contributed by atoms with van der Waals surface area (Å²) < 4.78 is 10.8. The number of benzene rings is 2. The Hall–Kier alpha value is -2.83. The van der Waals surface area contributed by atoms with Crippen LogP contribution in [0.1, 0.15) is 16.7 Å². The van der Waals surface area contributed by atoms with E-state index in [1.165, 1.54) is 11.3 Å². The number of para-hydroxylation sites is 1. The molecule has 0 spiro atoms. The number of phenols is 1. The minimum Gasteiger partial charge on any atom is -0.508 e. The van der Waals surface area contributed by atoms with Gasteiger partial charge in [-0.15, -0.1) is 0 Å². The summed E-state index contributed by atoms with van der Waals surface area (Å²) in [6.45, 7) is 6.41. The van der Waals surface area contributed by atoms with Crippen LogP contribution >= 0.6 is 0 Å². The van der Waals surface area contributed by atoms with E-state index in [2.05, 4.69) is 34.1 Å². The summed E-state index contributed by atoms with van der Waals surface area (Å²) >= 11 is 0. The fourth-order valence-electron chi connectivity index (χ4n) is 3.94. The van der Waals surface area contributed by atoms with E-state index < -0.39 is 5.63 Å². The van der Waals surface area contributed by atoms with E-state index in [4.69, 9.17) is 9.15 Å². The Labute approximate surface area is 169 Å². The van der Waals surface area contributed by atoms with E-state index >= 15 is 0 Å². The molecule has 4 rings (SSSR count). The Morgan fingerprint density at radius 2 is 1.79 bits per heavy atom. The van der Waals surface area contributed by atoms with Gasteiger partial charge in [0, 0.05) is 48.9 Å². The van der Waals surface area contributed by atoms with E-state index in [9.17, 15) is 9.90 Å². The van der Waals surface area contributed by atoms with E-state index in [-0.39, 0.29) is 5.75 Å². The maximum absolute atomic E-state index is 12.1. The number of hydrogen-bond donors (Lipinski definition) is 1. The largest absolute Gasteiger partial charge is 0.508 e. The number of aromatic hydroxyl groups is 1. The van der Waals surface area contributed by atoms with Gasteiger partial charge in [-0.25, -0.2) is 4.79 Å². The maximum Gasteiger partial charge on any atom is 0.336 e. The van der Waals surface area contributed by atoms with Crippen molar-refractivity contribution >= 4 is 16.7 Å². The Morgan fingerprint density at radius 3 is 2.59 bits per heavy atom. The number of phenolic OH excluding ortho intramolecular Hbond substituents is 1. The lowest BCUT2D eigenvalue weighted by Crippen LogP contribution is -2.37. The first-order valence-electron chi connectivity index (χ1n) is 9.87. The summed E-state index contributed by atoms with van der Waals surface area (Å²) in [7, 11) is 2.05. The lowest BCUT2D eigenvalue weighted by Gasteiger charge is -2.31. The van der Waals surface area contributed by atoms with Gasteiger partial charge >= 0.3 is 5.63 Å². The predicted octanol–water partition coefficient (Wildman–Crippen LogP) is 3.28. The zero-order valence-corrected chi connectivity index (χ0v) is 16.9. The van der Waals surface area contributed by atoms with Crippen molar-refractivity contribution in [2.75, 3.05) is 38.3 Å². The second-order valence-corrected chi connectivity index (χ2v) is 7.58. The average molecular weight is 394 g/mol. The Balaban J connectivity index is 1.59. The topological polar surface area (TPSA) is 66.2 Å². The molecule has 1 aromatic heterocycles. The minimum absolute atomic E-state index is 0.130. The third-order valence-electron chi connectivity index (χ3n) is 5.44. The highest BCUT2D eigenvalue weighted by Crippen LogP contribution is 2.28. The summed E-state index contributed by atoms with van der Waals surface area (Å²) in [4.78, 5) is 16.6. The molecule has 0 atom stereocenters. The van der Waals surface area contributed by atoms with Crippen molar-refractivity contribution in [1.29, 1.82) is 0 Å². The summed E-state index contributed by atoms with van der Waals surface area (Å²) in [5, 5.41) is 10.8. The number of ether oxygens (including phenoxy) is 1. The normalized spacial score (nSPS) is 14.7. The van der Waals surface area contributed by atoms with Crippen LogP contribution in [-0.2, 0) is 17.8 Å². The van der Waals surface area contributed by atoms with Gasteiger partial charge in [0.15, 0.2) is 0 Å². The molecule has 2 heterocycles. The lowest BCUT2D eigenvalue weighted by molar-refractivity contribution is 0.122. The van der Waals surface area contributed by atoms with Crippen LogP contribution in [0.5, 0.6) is 5.75 Å². The first-order valence-corrected chi connectivity index (χ1v) is 9.87. The monoisotopic (exact) mass is 394 g/mol. The van der Waals surface area contributed by atoms with Gasteiger partial charge in [-0.1, -0.05) is 18.2 Å². The molecule has 0 saturated carbocycles. The van der Waals surface area contributed by atoms with Gasteiger partial charge in [0.2, 0.25) is 0 Å². The minimum atomic E-state index is -0.400. The average Bonchev–Trinajstić information content (AvgIpc) is 2.72. The van der Waals surface area contributed by atoms with Crippen molar-refractivity contribution in [1.82, 2.24) is 4.90 Å². The van der Waals surface area contributed by atoms with Gasteiger partial charge < -0.3 is 19.2 Å². The predicted molar refractivity (Wildman–Crippen MR) is 114 cm³/mol. The van der Waals surface area contributed by atoms with E-state index in [1.54, 1.807) is 19.1 Å². The fraction of sp³-hybridized carbons (Fsp3) is 0.348. The molecule has 0 radical (unpaired) electrons. The van der Waals surface area contributed by atoms with Crippen molar-refractivity contribution in [3.05, 3.63) is 69.6 Å². The van der Waals surface area contributed by atoms with Crippen molar-refractivity contribution in [3.63, 3.8) is 0 Å². The third kappa shape index (κ3) is 4.13. The number of aryl methyl sites for hydroxylation is 1. The molecule has 1 fully saturated rings. The Kier molecular flexibility index (Phi) is 5.56. The number of morpholine rings is 1. The number of anilines is 1. The molecule has 6 nitrogen and oxygen atoms in total. The Morgan fingerprint density at radius 1 is 1.07 bits per heavy atom. The molecule has 0 unspecified atom stereocenters. The molecule has 1 aliphatic heterocycles. The zero-order valence-electron chi connectivity index (χ0n) is 16.9. The first-order chi connectivity index (χ1) is 14.0. The molecule has 1 N–H and O–H groups in total. The van der Waals surface area contributed by atoms with Gasteiger partial charge in [0.05, 0.1) is 13.2 Å². The molecule has 1 saturated heterocycles. The van der Waals surface area contributed by atoms with Crippen LogP contribution in [0.3, 0.4) is 0 Å². The molecule has 29 heavy (non-hydrogen) atoms. The van der Waals surface area contributed by atoms with Crippen LogP contribution in [-0.4, -0.2) is 43.4 Å². The summed E-state index contributed by atoms with van der Waals surface area (Å²) in [6.07, 6.45) is 0. The molecule has 0 amide bonds. The number of nitrogens with zero attached hydrogens (tertiary/aromatic N) is 2. The van der Waals surface area contributed by atoms with E-state index in [1.807, 2.05) is 13.1 Å². The van der Waals surface area contributed by atoms with Crippen molar-refractivity contribution in [2.45, 2.75) is 20.0 Å². The molecular weight excluding hydrogens is 368 g/mol. The quantitative estimate of drug-likeness (QED) is 0.670. The van der Waals surface area contributed by atoms with Crippen LogP contribution in [0.25, 0.3) is 11.0 Å². The highest BCUT2D eigenvalue weighted by molar-refractivity contribution is 5.84. The highest BCUT2D eigenvalue weighted by Gasteiger charge is 2.16. The van der Waals surface area contributed by atoms with Gasteiger partial charge in [0.25, 0.3) is 0 Å². The van der Waals surface area contributed by atoms with Crippen LogP contribution in [0.2, 0.25) is 0 Å². The molecular formula is C23H26N2O4. The third-order valence-corrected chi connectivity index (χ3v) is 5.44. The smallest absolute Gasteiger partial charge is 0.336 e. The highest BCUT2D eigenvalue weighted by atomic mass is 16.5. The lowest BCUT2D eigenvalue weighted by atomic mass is 10.1. The van der Waals surface area contributed by atoms with Gasteiger partial charge in [-0.2, -0.15) is 0 Å². The molecule has 2 aromatic carbocycles. The van der Waals surface area contributed by atoms with E-state index in [0.29, 0.717) is 17.7 Å². The van der Waals surface area contributed by atoms with Gasteiger partial charge in [-0.05, 0) is 43.3 Å². The standard InChI is InChI=1S/C23H26N2O4/c1-16-21(26)8-7-19-18(13-22(27)29-23(16)19)15-24(2)14-17-5-3-4-6-20(17)25-9-11-28-12-10-25/h3-8,13,26H,9-12,14-15H2,1-2H3. The van der Waals surface area contributed by atoms with Crippen LogP contribution in [0, 0.1) is 6.92 Å². The first kappa shape index (κ1) is 19.5. The van der Waals surface area contributed by atoms with Crippen LogP contribution in [0.15, 0.2) is 51.7 Å². The molecule has 152 valence electrons. The zero-order chi connectivity index (χ0) is 20.4. The molecule has 0 aliphatic carbocycles. The Bertz CT molecular complexity index is 1070. The molecule has 1 aliphatic rings. The second-order valence-electron chi connectivity index (χ2n) is 7.58. The second kappa shape index (κ2) is 8.27. The summed E-state index contributed by atoms with van der Waals surface area (Å²) in [6, 6.07) is 13.4. The number of hydrogen-bond acceptors (Lipinski definition) is 6. The van der Waals surface area contributed by atoms with E-state index in [0.717, 1.165) is 43.8 Å². The molecule has 3 aromatic rings. The van der Waals surface area contributed by atoms with Crippen molar-refractivity contribution in [3.8, 4) is 5.75 Å². The maximum atomic E-state index is 12.1. The summed E-state index contributed by atoms with van der Waals surface area (Å²) in [5.41, 5.74) is 4.02. The molecule has 6 heteroatoms. The van der Waals surface area contributed by atoms with Crippen LogP contribution < -0.4 is 10.5 Å². The number of fused-ring (bicyclic) bond motifs is 1. The SMILES string of the molecule is Cc1c(O)ccc2c(CN(C)Cc3ccccc3N3CCOCC3)cc(=O)oc12. The van der Waals surface area contributed by atoms with Gasteiger partial charge in [0.1, 0.15) is 11.3 Å². The van der Waals surface area contributed by atoms with Gasteiger partial charge in [-0.3, -0.25) is 4.90 Å². The molecule has 0 bridgehead atoms. The fourth-order valence-corrected chi connectivity index (χ4v) is 3.94.